The van der Waals surface area contributed by atoms with Crippen molar-refractivity contribution in [1.29, 1.82) is 0 Å². The molecule has 42 heteroatoms. The van der Waals surface area contributed by atoms with E-state index in [1.54, 1.807) is 187 Å². The Balaban J connectivity index is 1.07. The van der Waals surface area contributed by atoms with Crippen LogP contribution in [0.25, 0.3) is 0 Å². The number of carboxylic acid groups (broad SMARTS) is 2. The maximum absolute atomic E-state index is 13.6. The number of carbonyl (C=O) groups is 8. The minimum Gasteiger partial charge on any atom is -0.481 e. The Labute approximate surface area is 850 Å². The normalized spacial score (nSPS) is 38.7. The molecule has 2 amide bonds. The first-order chi connectivity index (χ1) is 69.0. The SMILES string of the molecule is C[C@@H]1[C@H](O)[C@@H](C)C=CC=CC=CC=CC=CC=CC=C[C@H](O[C@@H]2O[C@H](C)[C@@H](O)[C@H](NC(=O)CCC(=O)OCCOC(=O)CCC(=O)N[C@@H]3[C@H](O)[C@H](O[C@H]4C=CC=CC=CC=CC=CC=CC=C[C@H](C)[C@@H](O)[C@@H](C)[C@H](C)OC(=O)C[C@H](O)C[C@H](O)CC[C@@H](O)[C@H](O)C[C@H](O)C[C@]5(O)C[C@H](O)[C@@H](C(=O)O)[C@H](C4)O5)O[C@H](C)[C@H]3O)[C@@H]2O)C[C@@H]2O[C@](O)(C[C@@H](O)C[C@@H](O)[C@H](O)CC[C@@H](O)C[C@@H](O)CC(=O)O[C@H]1C)C[C@H](O)[C@H]2C(=O)O. The number of aliphatic hydroxyl groups excluding tert-OH is 18. The number of nitrogens with one attached hydrogen (secondary N) is 2. The number of rotatable bonds is 17. The predicted molar refractivity (Wildman–Crippen MR) is 522 cm³/mol. The molecule has 24 N–H and O–H groups in total. The Bertz CT molecular complexity index is 4180. The van der Waals surface area contributed by atoms with E-state index >= 15 is 0 Å². The first-order valence-corrected chi connectivity index (χ1v) is 49.8. The molecule has 0 aromatic rings. The fourth-order valence-electron chi connectivity index (χ4n) is 17.6. The van der Waals surface area contributed by atoms with Crippen molar-refractivity contribution in [2.24, 2.45) is 35.5 Å². The lowest BCUT2D eigenvalue weighted by Gasteiger charge is -2.45. The molecule has 0 aromatic carbocycles. The zero-order valence-electron chi connectivity index (χ0n) is 83.7. The highest BCUT2D eigenvalue weighted by Crippen LogP contribution is 2.42. The fourth-order valence-corrected chi connectivity index (χ4v) is 17.6. The second kappa shape index (κ2) is 63.9. The molecule has 6 aliphatic rings. The molecule has 4 bridgehead atoms. The molecule has 146 heavy (non-hydrogen) atoms. The van der Waals surface area contributed by atoms with E-state index in [0.717, 1.165) is 0 Å². The van der Waals surface area contributed by atoms with Gasteiger partial charge in [0.15, 0.2) is 24.2 Å². The summed E-state index contributed by atoms with van der Waals surface area (Å²) in [5, 5.41) is 250. The monoisotopic (exact) mass is 2070 g/mol. The molecule has 0 radical (unpaired) electrons. The second-order valence-corrected chi connectivity index (χ2v) is 38.6. The van der Waals surface area contributed by atoms with E-state index in [1.807, 2.05) is 0 Å². The van der Waals surface area contributed by atoms with Crippen molar-refractivity contribution < 1.29 is 198 Å². The van der Waals surface area contributed by atoms with Crippen molar-refractivity contribution in [3.05, 3.63) is 170 Å². The molecule has 4 saturated heterocycles. The summed E-state index contributed by atoms with van der Waals surface area (Å²) >= 11 is 0. The first kappa shape index (κ1) is 126. The molecule has 6 heterocycles. The maximum atomic E-state index is 13.6. The molecule has 0 saturated carbocycles. The van der Waals surface area contributed by atoms with Gasteiger partial charge in [0.1, 0.15) is 61.7 Å². The third-order valence-corrected chi connectivity index (χ3v) is 26.3. The minimum atomic E-state index is -2.51. The molecule has 0 spiro atoms. The zero-order valence-corrected chi connectivity index (χ0v) is 83.7. The summed E-state index contributed by atoms with van der Waals surface area (Å²) in [6, 6.07) is -3.17. The quantitative estimate of drug-likeness (QED) is 0.0556. The minimum absolute atomic E-state index is 0.195. The highest BCUT2D eigenvalue weighted by Gasteiger charge is 2.54. The van der Waals surface area contributed by atoms with Crippen LogP contribution in [0.2, 0.25) is 0 Å². The van der Waals surface area contributed by atoms with Crippen LogP contribution in [0.4, 0.5) is 0 Å². The van der Waals surface area contributed by atoms with Crippen molar-refractivity contribution in [2.45, 2.75) is 379 Å². The van der Waals surface area contributed by atoms with Crippen molar-refractivity contribution in [3.8, 4) is 0 Å². The van der Waals surface area contributed by atoms with Gasteiger partial charge in [0, 0.05) is 87.9 Å². The van der Waals surface area contributed by atoms with Gasteiger partial charge in [-0.1, -0.05) is 198 Å². The summed E-state index contributed by atoms with van der Waals surface area (Å²) in [6.07, 6.45) is -5.46. The summed E-state index contributed by atoms with van der Waals surface area (Å²) in [6.45, 7) is 11.8. The van der Waals surface area contributed by atoms with Crippen molar-refractivity contribution in [2.75, 3.05) is 13.2 Å². The maximum Gasteiger partial charge on any atom is 0.311 e. The van der Waals surface area contributed by atoms with E-state index in [1.165, 1.54) is 38.2 Å². The Morgan fingerprint density at radius 2 is 0.637 bits per heavy atom. The summed E-state index contributed by atoms with van der Waals surface area (Å²) in [5.41, 5.74) is 0. The van der Waals surface area contributed by atoms with Gasteiger partial charge in [0.05, 0.1) is 160 Å². The van der Waals surface area contributed by atoms with E-state index in [9.17, 15) is 151 Å². The molecule has 6 aliphatic heterocycles. The molecule has 6 rings (SSSR count). The second-order valence-electron chi connectivity index (χ2n) is 38.6. The number of allylic oxidation sites excluding steroid dienone is 24. The highest BCUT2D eigenvalue weighted by molar-refractivity contribution is 5.82. The number of carbonyl (C=O) groups excluding carboxylic acids is 6. The largest absolute Gasteiger partial charge is 0.481 e. The number of amides is 2. The van der Waals surface area contributed by atoms with Gasteiger partial charge < -0.3 is 170 Å². The third-order valence-electron chi connectivity index (χ3n) is 26.3. The van der Waals surface area contributed by atoms with E-state index in [2.05, 4.69) is 10.6 Å². The molecule has 822 valence electrons. The van der Waals surface area contributed by atoms with E-state index < -0.39 is 369 Å². The van der Waals surface area contributed by atoms with E-state index in [0.29, 0.717) is 0 Å². The molecule has 38 atom stereocenters. The molecule has 42 nitrogen and oxygen atoms in total. The number of carboxylic acids is 2. The zero-order chi connectivity index (χ0) is 108. The Kier molecular flexibility index (Phi) is 55.1. The van der Waals surface area contributed by atoms with Gasteiger partial charge in [-0.05, 0) is 66.2 Å². The van der Waals surface area contributed by atoms with Gasteiger partial charge >= 0.3 is 35.8 Å². The number of hydrogen-bond donors (Lipinski definition) is 24. The van der Waals surface area contributed by atoms with Crippen molar-refractivity contribution in [1.82, 2.24) is 10.6 Å². The number of esters is 4. The number of cyclic esters (lactones) is 2. The van der Waals surface area contributed by atoms with Gasteiger partial charge in [-0.2, -0.15) is 0 Å². The lowest BCUT2D eigenvalue weighted by atomic mass is 9.82. The Morgan fingerprint density at radius 3 is 0.945 bits per heavy atom. The fraction of sp³-hybridized carbons (Fsp3) is 0.654. The van der Waals surface area contributed by atoms with Crippen LogP contribution in [0.3, 0.4) is 0 Å². The molecule has 4 fully saturated rings. The average molecular weight is 2070 g/mol. The van der Waals surface area contributed by atoms with Gasteiger partial charge in [0.25, 0.3) is 0 Å². The van der Waals surface area contributed by atoms with Gasteiger partial charge in [-0.15, -0.1) is 0 Å². The van der Waals surface area contributed by atoms with Crippen LogP contribution in [0.1, 0.15) is 184 Å². The lowest BCUT2D eigenvalue weighted by Crippen LogP contribution is -2.64. The van der Waals surface area contributed by atoms with Crippen LogP contribution in [0.15, 0.2) is 170 Å². The number of hydrogen-bond acceptors (Lipinski definition) is 38. The smallest absolute Gasteiger partial charge is 0.311 e. The Morgan fingerprint density at radius 1 is 0.336 bits per heavy atom. The van der Waals surface area contributed by atoms with E-state index in [-0.39, 0.29) is 50.4 Å². The molecule has 0 unspecified atom stereocenters. The summed E-state index contributed by atoms with van der Waals surface area (Å²) in [5.74, 6) is -18.9. The number of ether oxygens (including phenoxy) is 10. The summed E-state index contributed by atoms with van der Waals surface area (Å²) in [4.78, 5) is 105. The van der Waals surface area contributed by atoms with Crippen LogP contribution in [0, 0.1) is 35.5 Å². The van der Waals surface area contributed by atoms with Crippen LogP contribution >= 0.6 is 0 Å². The molecule has 0 aliphatic carbocycles. The highest BCUT2D eigenvalue weighted by atomic mass is 16.7. The summed E-state index contributed by atoms with van der Waals surface area (Å²) < 4.78 is 57.7. The number of fused-ring (bicyclic) bond motifs is 4. The molecule has 0 aromatic heterocycles. The number of aliphatic carboxylic acids is 2. The van der Waals surface area contributed by atoms with Crippen LogP contribution in [-0.2, 0) is 85.7 Å². The third kappa shape index (κ3) is 44.3. The van der Waals surface area contributed by atoms with Gasteiger partial charge in [-0.25, -0.2) is 0 Å². The number of aliphatic hydroxyl groups is 20. The topological polar surface area (TPSA) is 698 Å². The van der Waals surface area contributed by atoms with Gasteiger partial charge in [0.2, 0.25) is 11.8 Å². The van der Waals surface area contributed by atoms with Crippen LogP contribution in [-0.4, -0.2) is 368 Å². The van der Waals surface area contributed by atoms with Crippen molar-refractivity contribution in [3.63, 3.8) is 0 Å². The average Bonchev–Trinajstić information content (AvgIpc) is 0.772. The van der Waals surface area contributed by atoms with Crippen LogP contribution in [0.5, 0.6) is 0 Å². The van der Waals surface area contributed by atoms with Crippen LogP contribution < -0.4 is 10.6 Å². The lowest BCUT2D eigenvalue weighted by molar-refractivity contribution is -0.310. The molecular formula is C104H156N2O40. The first-order valence-electron chi connectivity index (χ1n) is 49.8. The predicted octanol–water partition coefficient (Wildman–Crippen LogP) is 1.40. The Hall–Kier alpha value is -8.92. The standard InChI is InChI=1S/C104H156N2O40/c1-59-33-29-25-21-17-13-9-11-15-19-23-27-31-35-73(53-81-89(99(131)132)79(117)57-103(135,145-81)55-71(111)49-77(115)75(113)39-37-67(107)47-69(109)51-87(123)139-63(5)61(3)93(59)125)143-101-97(129)91(95(127)65(7)141-101)105-83(119)41-43-85(121)137-45-46-138-86(122)44-42-84(120)106-92-96(128)66(8)142-102(98(92)130)144-74-36-32-28-24-20-16-12-10-14-18-22-26-30-34-60(2)94(126)62(4)64(6)140-88(124)52-70(110)48-68(108)38-40-76(114)78(116)50-72(112)56-104(136)58-80(118)90(100(133)134)82(54-74)146-104/h9-36,59-82,89-98,101-102,107-118,125-130,135-136H,37-58H2,1-8H3,(H,105,119)(H,106,120)(H,131,132)(H,133,134)/t59-,60-,61-,62-,63-,64-,65+,66+,67+,68+,69+,70+,71-,72-,73-,74-,75+,76+,77+,78+,79-,80-,81-,82-,89+,90+,91-,92-,93+,94+,95+,96+,97-,98-,101-,102-,103+,104+/m0/s1. The van der Waals surface area contributed by atoms with Crippen molar-refractivity contribution >= 4 is 47.6 Å². The summed E-state index contributed by atoms with van der Waals surface area (Å²) in [7, 11) is 0. The van der Waals surface area contributed by atoms with Gasteiger partial charge in [-0.3, -0.25) is 38.4 Å². The van der Waals surface area contributed by atoms with E-state index in [4.69, 9.17) is 47.4 Å². The molecular weight excluding hydrogens is 1920 g/mol.